The molecule has 0 aliphatic carbocycles. The molecule has 1 aliphatic rings. The van der Waals surface area contributed by atoms with Crippen molar-refractivity contribution < 1.29 is 4.74 Å². The first-order chi connectivity index (χ1) is 12.2. The van der Waals surface area contributed by atoms with E-state index in [-0.39, 0.29) is 5.92 Å². The molecule has 3 rings (SSSR count). The van der Waals surface area contributed by atoms with Gasteiger partial charge in [0.2, 0.25) is 0 Å². The summed E-state index contributed by atoms with van der Waals surface area (Å²) >= 11 is 6.18. The number of aryl methyl sites for hydroxylation is 1. The zero-order chi connectivity index (χ0) is 17.5. The molecule has 1 aromatic carbocycles. The fourth-order valence-electron chi connectivity index (χ4n) is 3.21. The Bertz CT molecular complexity index is 711. The molecule has 0 spiro atoms. The fraction of sp³-hybridized carbons (Fsp3) is 0.474. The lowest BCUT2D eigenvalue weighted by Gasteiger charge is -2.30. The zero-order valence-electron chi connectivity index (χ0n) is 14.3. The number of hydrogen-bond acceptors (Lipinski definition) is 4. The van der Waals surface area contributed by atoms with Crippen molar-refractivity contribution in [2.24, 2.45) is 5.92 Å². The Morgan fingerprint density at radius 1 is 1.40 bits per heavy atom. The van der Waals surface area contributed by atoms with Crippen LogP contribution in [0.25, 0.3) is 0 Å². The van der Waals surface area contributed by atoms with E-state index in [9.17, 15) is 0 Å². The Morgan fingerprint density at radius 2 is 2.32 bits per heavy atom. The molecule has 2 aromatic rings. The highest BCUT2D eigenvalue weighted by molar-refractivity contribution is 6.30. The van der Waals surface area contributed by atoms with Crippen molar-refractivity contribution in [1.82, 2.24) is 14.5 Å². The quantitative estimate of drug-likeness (QED) is 0.707. The minimum atomic E-state index is 0.132. The molecule has 1 aliphatic heterocycles. The van der Waals surface area contributed by atoms with Crippen molar-refractivity contribution in [3.63, 3.8) is 0 Å². The van der Waals surface area contributed by atoms with Crippen LogP contribution in [-0.4, -0.2) is 34.1 Å². The Labute approximate surface area is 153 Å². The normalized spacial score (nSPS) is 18.0. The van der Waals surface area contributed by atoms with Crippen LogP contribution in [0.15, 0.2) is 36.9 Å². The first kappa shape index (κ1) is 17.8. The van der Waals surface area contributed by atoms with E-state index < -0.39 is 0 Å². The number of nitrogens with zero attached hydrogens (tertiary/aromatic N) is 4. The lowest BCUT2D eigenvalue weighted by atomic mass is 9.99. The van der Waals surface area contributed by atoms with Crippen LogP contribution in [0, 0.1) is 17.2 Å². The number of benzene rings is 1. The van der Waals surface area contributed by atoms with Crippen molar-refractivity contribution in [3.8, 4) is 11.8 Å². The van der Waals surface area contributed by atoms with Crippen LogP contribution < -0.4 is 4.74 Å². The predicted octanol–water partition coefficient (Wildman–Crippen LogP) is 3.74. The van der Waals surface area contributed by atoms with Crippen molar-refractivity contribution in [2.45, 2.75) is 32.4 Å². The molecule has 0 saturated carbocycles. The van der Waals surface area contributed by atoms with Gasteiger partial charge in [0.25, 0.3) is 0 Å². The van der Waals surface area contributed by atoms with Gasteiger partial charge in [-0.05, 0) is 44.0 Å². The summed E-state index contributed by atoms with van der Waals surface area (Å²) in [6.45, 7) is 4.15. The molecule has 0 bridgehead atoms. The fourth-order valence-corrected chi connectivity index (χ4v) is 3.40. The molecule has 0 unspecified atom stereocenters. The lowest BCUT2D eigenvalue weighted by Crippen LogP contribution is -2.34. The van der Waals surface area contributed by atoms with Crippen LogP contribution in [0.5, 0.6) is 5.75 Å². The van der Waals surface area contributed by atoms with E-state index in [1.807, 2.05) is 35.3 Å². The van der Waals surface area contributed by atoms with E-state index in [2.05, 4.69) is 16.0 Å². The summed E-state index contributed by atoms with van der Waals surface area (Å²) in [5.41, 5.74) is 1.09. The SMILES string of the molecule is N#C[C@@H]1CCCN(Cc2cc(Cl)ccc2OCCCn2ccnc2)C1. The molecule has 0 radical (unpaired) electrons. The summed E-state index contributed by atoms with van der Waals surface area (Å²) in [5.74, 6) is 1.02. The maximum atomic E-state index is 9.17. The summed E-state index contributed by atoms with van der Waals surface area (Å²) in [6, 6.07) is 8.18. The topological polar surface area (TPSA) is 54.1 Å². The highest BCUT2D eigenvalue weighted by Gasteiger charge is 2.20. The molecular weight excluding hydrogens is 336 g/mol. The van der Waals surface area contributed by atoms with Gasteiger partial charge in [0.15, 0.2) is 0 Å². The molecule has 132 valence electrons. The number of ether oxygens (including phenoxy) is 1. The number of nitriles is 1. The van der Waals surface area contributed by atoms with E-state index in [0.717, 1.165) is 61.8 Å². The third-order valence-corrected chi connectivity index (χ3v) is 4.72. The highest BCUT2D eigenvalue weighted by atomic mass is 35.5. The van der Waals surface area contributed by atoms with Gasteiger partial charge in [-0.15, -0.1) is 0 Å². The summed E-state index contributed by atoms with van der Waals surface area (Å²) in [6.07, 6.45) is 8.54. The average Bonchev–Trinajstić information content (AvgIpc) is 3.14. The number of halogens is 1. The van der Waals surface area contributed by atoms with Crippen LogP contribution in [-0.2, 0) is 13.1 Å². The van der Waals surface area contributed by atoms with Crippen LogP contribution >= 0.6 is 11.6 Å². The first-order valence-corrected chi connectivity index (χ1v) is 9.11. The van der Waals surface area contributed by atoms with Crippen molar-refractivity contribution in [2.75, 3.05) is 19.7 Å². The number of piperidine rings is 1. The first-order valence-electron chi connectivity index (χ1n) is 8.73. The molecule has 5 nitrogen and oxygen atoms in total. The second kappa shape index (κ2) is 8.89. The zero-order valence-corrected chi connectivity index (χ0v) is 15.0. The van der Waals surface area contributed by atoms with Gasteiger partial charge in [-0.3, -0.25) is 4.90 Å². The Morgan fingerprint density at radius 3 is 3.12 bits per heavy atom. The molecule has 2 heterocycles. The van der Waals surface area contributed by atoms with Gasteiger partial charge in [0.1, 0.15) is 5.75 Å². The smallest absolute Gasteiger partial charge is 0.123 e. The molecular formula is C19H23ClN4O. The Balaban J connectivity index is 1.57. The van der Waals surface area contributed by atoms with Gasteiger partial charge in [-0.2, -0.15) is 5.26 Å². The summed E-state index contributed by atoms with van der Waals surface area (Å²) < 4.78 is 8.04. The van der Waals surface area contributed by atoms with E-state index in [1.165, 1.54) is 0 Å². The number of rotatable bonds is 7. The van der Waals surface area contributed by atoms with Gasteiger partial charge in [0.05, 0.1) is 24.9 Å². The monoisotopic (exact) mass is 358 g/mol. The molecule has 0 amide bonds. The van der Waals surface area contributed by atoms with Crippen LogP contribution in [0.1, 0.15) is 24.8 Å². The van der Waals surface area contributed by atoms with E-state index in [4.69, 9.17) is 21.6 Å². The third kappa shape index (κ3) is 5.22. The molecule has 1 aromatic heterocycles. The number of hydrogen-bond donors (Lipinski definition) is 0. The van der Waals surface area contributed by atoms with Gasteiger partial charge < -0.3 is 9.30 Å². The molecule has 6 heteroatoms. The second-order valence-electron chi connectivity index (χ2n) is 6.46. The average molecular weight is 359 g/mol. The molecule has 1 fully saturated rings. The van der Waals surface area contributed by atoms with Gasteiger partial charge in [-0.25, -0.2) is 4.98 Å². The van der Waals surface area contributed by atoms with Gasteiger partial charge in [-0.1, -0.05) is 11.6 Å². The minimum absolute atomic E-state index is 0.132. The highest BCUT2D eigenvalue weighted by Crippen LogP contribution is 2.26. The van der Waals surface area contributed by atoms with Crippen molar-refractivity contribution >= 4 is 11.6 Å². The van der Waals surface area contributed by atoms with Crippen molar-refractivity contribution in [3.05, 3.63) is 47.5 Å². The summed E-state index contributed by atoms with van der Waals surface area (Å²) in [4.78, 5) is 6.36. The molecule has 25 heavy (non-hydrogen) atoms. The molecule has 1 atom stereocenters. The predicted molar refractivity (Wildman–Crippen MR) is 97.4 cm³/mol. The number of imidazole rings is 1. The second-order valence-corrected chi connectivity index (χ2v) is 6.89. The van der Waals surface area contributed by atoms with E-state index in [1.54, 1.807) is 6.20 Å². The molecule has 1 saturated heterocycles. The van der Waals surface area contributed by atoms with Gasteiger partial charge in [0, 0.05) is 42.6 Å². The minimum Gasteiger partial charge on any atom is -0.493 e. The number of aromatic nitrogens is 2. The van der Waals surface area contributed by atoms with Crippen LogP contribution in [0.3, 0.4) is 0 Å². The number of likely N-dealkylation sites (tertiary alicyclic amines) is 1. The van der Waals surface area contributed by atoms with Crippen molar-refractivity contribution in [1.29, 1.82) is 5.26 Å². The van der Waals surface area contributed by atoms with Crippen LogP contribution in [0.2, 0.25) is 5.02 Å². The van der Waals surface area contributed by atoms with E-state index >= 15 is 0 Å². The lowest BCUT2D eigenvalue weighted by molar-refractivity contribution is 0.188. The standard InChI is InChI=1S/C19H23ClN4O/c20-18-4-5-19(25-10-2-8-23-9-6-22-15-23)17(11-18)14-24-7-1-3-16(12-21)13-24/h4-6,9,11,15-16H,1-3,7-8,10,13-14H2/t16-/m0/s1. The largest absolute Gasteiger partial charge is 0.493 e. The third-order valence-electron chi connectivity index (χ3n) is 4.48. The van der Waals surface area contributed by atoms with Crippen LogP contribution in [0.4, 0.5) is 0 Å². The summed E-state index contributed by atoms with van der Waals surface area (Å²) in [5, 5.41) is 9.88. The summed E-state index contributed by atoms with van der Waals surface area (Å²) in [7, 11) is 0. The van der Waals surface area contributed by atoms with E-state index in [0.29, 0.717) is 6.61 Å². The Hall–Kier alpha value is -2.03. The maximum absolute atomic E-state index is 9.17. The Kier molecular flexibility index (Phi) is 6.32. The van der Waals surface area contributed by atoms with Gasteiger partial charge >= 0.3 is 0 Å². The molecule has 0 N–H and O–H groups in total. The maximum Gasteiger partial charge on any atom is 0.123 e.